The van der Waals surface area contributed by atoms with Gasteiger partial charge in [0.25, 0.3) is 0 Å². The summed E-state index contributed by atoms with van der Waals surface area (Å²) in [4.78, 5) is 2.06. The van der Waals surface area contributed by atoms with E-state index in [1.807, 2.05) is 17.0 Å². The van der Waals surface area contributed by atoms with Gasteiger partial charge < -0.3 is 4.90 Å². The summed E-state index contributed by atoms with van der Waals surface area (Å²) in [6.45, 7) is 5.26. The molecule has 3 aromatic rings. The van der Waals surface area contributed by atoms with Crippen LogP contribution in [-0.4, -0.2) is 8.42 Å². The first-order valence-electron chi connectivity index (χ1n) is 9.43. The zero-order chi connectivity index (χ0) is 21.0. The smallest absolute Gasteiger partial charge is 0.238 e. The Labute approximate surface area is 171 Å². The lowest BCUT2D eigenvalue weighted by Crippen LogP contribution is -2.23. The van der Waals surface area contributed by atoms with Gasteiger partial charge in [-0.05, 0) is 52.9 Å². The van der Waals surface area contributed by atoms with Crippen molar-refractivity contribution < 1.29 is 12.8 Å². The van der Waals surface area contributed by atoms with Crippen LogP contribution in [0.25, 0.3) is 0 Å². The lowest BCUT2D eigenvalue weighted by atomic mass is 10.0. The van der Waals surface area contributed by atoms with Crippen LogP contribution in [0.2, 0.25) is 0 Å². The molecule has 3 rings (SSSR count). The zero-order valence-electron chi connectivity index (χ0n) is 16.5. The molecule has 0 atom stereocenters. The topological polar surface area (TPSA) is 63.4 Å². The minimum absolute atomic E-state index is 0.0504. The molecule has 0 unspecified atom stereocenters. The van der Waals surface area contributed by atoms with Crippen LogP contribution < -0.4 is 10.0 Å². The summed E-state index contributed by atoms with van der Waals surface area (Å²) in [5.74, 6) is 0.140. The average Bonchev–Trinajstić information content (AvgIpc) is 2.67. The Kier molecular flexibility index (Phi) is 6.35. The van der Waals surface area contributed by atoms with Crippen molar-refractivity contribution in [3.05, 3.63) is 95.3 Å². The van der Waals surface area contributed by atoms with E-state index in [4.69, 9.17) is 5.14 Å². The fourth-order valence-corrected chi connectivity index (χ4v) is 3.73. The van der Waals surface area contributed by atoms with E-state index in [0.717, 1.165) is 11.1 Å². The van der Waals surface area contributed by atoms with Gasteiger partial charge in [-0.3, -0.25) is 0 Å². The molecule has 2 N–H and O–H groups in total. The highest BCUT2D eigenvalue weighted by molar-refractivity contribution is 7.89. The van der Waals surface area contributed by atoms with Gasteiger partial charge in [-0.25, -0.2) is 17.9 Å². The van der Waals surface area contributed by atoms with E-state index in [-0.39, 0.29) is 10.7 Å². The van der Waals surface area contributed by atoms with Crippen molar-refractivity contribution in [2.24, 2.45) is 5.14 Å². The maximum atomic E-state index is 13.7. The van der Waals surface area contributed by atoms with Crippen molar-refractivity contribution in [2.75, 3.05) is 4.90 Å². The number of sulfonamides is 1. The molecule has 152 valence electrons. The first-order chi connectivity index (χ1) is 13.7. The van der Waals surface area contributed by atoms with Gasteiger partial charge in [-0.1, -0.05) is 56.3 Å². The van der Waals surface area contributed by atoms with Crippen molar-refractivity contribution in [3.63, 3.8) is 0 Å². The van der Waals surface area contributed by atoms with Gasteiger partial charge in [0.2, 0.25) is 10.0 Å². The molecule has 0 aromatic heterocycles. The Morgan fingerprint density at radius 2 is 1.55 bits per heavy atom. The van der Waals surface area contributed by atoms with Gasteiger partial charge in [0.15, 0.2) is 0 Å². The van der Waals surface area contributed by atoms with Crippen LogP contribution in [-0.2, 0) is 23.1 Å². The molecule has 0 radical (unpaired) electrons. The minimum Gasteiger partial charge on any atom is -0.363 e. The Bertz CT molecular complexity index is 1080. The second-order valence-electron chi connectivity index (χ2n) is 7.42. The first-order valence-corrected chi connectivity index (χ1v) is 11.0. The molecule has 0 amide bonds. The van der Waals surface area contributed by atoms with Gasteiger partial charge in [-0.15, -0.1) is 0 Å². The number of nitrogens with two attached hydrogens (primary N) is 1. The maximum absolute atomic E-state index is 13.7. The quantitative estimate of drug-likeness (QED) is 0.606. The number of nitrogens with zero attached hydrogens (tertiary/aromatic N) is 1. The molecule has 0 aliphatic rings. The zero-order valence-corrected chi connectivity index (χ0v) is 17.4. The highest BCUT2D eigenvalue weighted by Crippen LogP contribution is 2.24. The van der Waals surface area contributed by atoms with E-state index in [2.05, 4.69) is 38.1 Å². The summed E-state index contributed by atoms with van der Waals surface area (Å²) in [6, 6.07) is 21.2. The Morgan fingerprint density at radius 3 is 2.17 bits per heavy atom. The Balaban J connectivity index is 1.95. The molecule has 0 spiro atoms. The summed E-state index contributed by atoms with van der Waals surface area (Å²) >= 11 is 0. The number of hydrogen-bond acceptors (Lipinski definition) is 3. The van der Waals surface area contributed by atoms with E-state index in [0.29, 0.717) is 24.7 Å². The summed E-state index contributed by atoms with van der Waals surface area (Å²) < 4.78 is 37.2. The van der Waals surface area contributed by atoms with E-state index in [1.54, 1.807) is 18.2 Å². The van der Waals surface area contributed by atoms with Crippen LogP contribution in [0.4, 0.5) is 10.1 Å². The molecular weight excluding hydrogens is 387 g/mol. The van der Waals surface area contributed by atoms with Gasteiger partial charge in [0, 0.05) is 18.8 Å². The monoisotopic (exact) mass is 412 g/mol. The summed E-state index contributed by atoms with van der Waals surface area (Å²) in [5, 5.41) is 5.30. The molecule has 6 heteroatoms. The average molecular weight is 413 g/mol. The molecule has 0 aliphatic heterocycles. The van der Waals surface area contributed by atoms with Gasteiger partial charge >= 0.3 is 0 Å². The number of primary sulfonamides is 1. The molecular formula is C23H25FN2O2S. The fourth-order valence-electron chi connectivity index (χ4n) is 3.18. The summed E-state index contributed by atoms with van der Waals surface area (Å²) in [5.41, 5.74) is 3.83. The van der Waals surface area contributed by atoms with Crippen molar-refractivity contribution in [1.82, 2.24) is 0 Å². The molecule has 0 saturated carbocycles. The molecule has 0 heterocycles. The van der Waals surface area contributed by atoms with E-state index >= 15 is 0 Å². The molecule has 4 nitrogen and oxygen atoms in total. The lowest BCUT2D eigenvalue weighted by Gasteiger charge is -2.26. The van der Waals surface area contributed by atoms with Crippen LogP contribution in [0.15, 0.2) is 77.7 Å². The normalized spacial score (nSPS) is 11.6. The molecule has 29 heavy (non-hydrogen) atoms. The second-order valence-corrected chi connectivity index (χ2v) is 8.99. The minimum atomic E-state index is -3.81. The molecule has 0 saturated heterocycles. The third-order valence-corrected chi connectivity index (χ3v) is 5.70. The van der Waals surface area contributed by atoms with Gasteiger partial charge in [0.1, 0.15) is 5.82 Å². The van der Waals surface area contributed by atoms with Gasteiger partial charge in [0.05, 0.1) is 4.90 Å². The lowest BCUT2D eigenvalue weighted by molar-refractivity contribution is 0.597. The Morgan fingerprint density at radius 1 is 0.897 bits per heavy atom. The predicted octanol–water partition coefficient (Wildman–Crippen LogP) is 4.80. The summed E-state index contributed by atoms with van der Waals surface area (Å²) in [7, 11) is -3.81. The number of halogens is 1. The third-order valence-electron chi connectivity index (χ3n) is 4.79. The fraction of sp³-hybridized carbons (Fsp3) is 0.217. The number of anilines is 1. The maximum Gasteiger partial charge on any atom is 0.238 e. The highest BCUT2D eigenvalue weighted by atomic mass is 32.2. The SMILES string of the molecule is CC(C)c1ccc(CN(Cc2cccc(F)c2)c2cccc(S(N)(=O)=O)c2)cc1. The summed E-state index contributed by atoms with van der Waals surface area (Å²) in [6.07, 6.45) is 0. The van der Waals surface area contributed by atoms with E-state index in [1.165, 1.54) is 23.8 Å². The van der Waals surface area contributed by atoms with Crippen LogP contribution in [0.5, 0.6) is 0 Å². The Hall–Kier alpha value is -2.70. The van der Waals surface area contributed by atoms with Crippen molar-refractivity contribution in [1.29, 1.82) is 0 Å². The molecule has 0 bridgehead atoms. The number of benzene rings is 3. The van der Waals surface area contributed by atoms with E-state index in [9.17, 15) is 12.8 Å². The number of hydrogen-bond donors (Lipinski definition) is 1. The highest BCUT2D eigenvalue weighted by Gasteiger charge is 2.14. The van der Waals surface area contributed by atoms with Crippen LogP contribution in [0, 0.1) is 5.82 Å². The molecule has 0 fully saturated rings. The third kappa shape index (κ3) is 5.65. The predicted molar refractivity (Wildman–Crippen MR) is 115 cm³/mol. The second kappa shape index (κ2) is 8.76. The van der Waals surface area contributed by atoms with Crippen molar-refractivity contribution in [2.45, 2.75) is 37.8 Å². The largest absolute Gasteiger partial charge is 0.363 e. The van der Waals surface area contributed by atoms with E-state index < -0.39 is 10.0 Å². The molecule has 0 aliphatic carbocycles. The van der Waals surface area contributed by atoms with Crippen molar-refractivity contribution >= 4 is 15.7 Å². The van der Waals surface area contributed by atoms with Crippen molar-refractivity contribution in [3.8, 4) is 0 Å². The number of rotatable bonds is 7. The molecule has 3 aromatic carbocycles. The van der Waals surface area contributed by atoms with Crippen LogP contribution in [0.3, 0.4) is 0 Å². The standard InChI is InChI=1S/C23H25FN2O2S/c1-17(2)20-11-9-18(10-12-20)15-26(16-19-5-3-6-21(24)13-19)22-7-4-8-23(14-22)29(25,27)28/h3-14,17H,15-16H2,1-2H3,(H2,25,27,28). The van der Waals surface area contributed by atoms with Gasteiger partial charge in [-0.2, -0.15) is 0 Å². The van der Waals surface area contributed by atoms with Crippen LogP contribution >= 0.6 is 0 Å². The first kappa shape index (κ1) is 21.0. The van der Waals surface area contributed by atoms with Crippen LogP contribution in [0.1, 0.15) is 36.5 Å².